The Bertz CT molecular complexity index is 577. The average molecular weight is 299 g/mol. The van der Waals surface area contributed by atoms with E-state index in [9.17, 15) is 13.2 Å². The highest BCUT2D eigenvalue weighted by Crippen LogP contribution is 2.19. The monoisotopic (exact) mass is 299 g/mol. The van der Waals surface area contributed by atoms with Crippen LogP contribution in [0.1, 0.15) is 13.8 Å². The van der Waals surface area contributed by atoms with Crippen molar-refractivity contribution in [1.29, 1.82) is 0 Å². The van der Waals surface area contributed by atoms with Crippen LogP contribution in [-0.4, -0.2) is 39.3 Å². The van der Waals surface area contributed by atoms with Gasteiger partial charge in [0, 0.05) is 26.3 Å². The molecule has 0 aliphatic heterocycles. The van der Waals surface area contributed by atoms with E-state index in [1.54, 1.807) is 26.0 Å². The number of carbonyl (C=O) groups is 1. The van der Waals surface area contributed by atoms with Crippen LogP contribution in [0.4, 0.5) is 5.69 Å². The number of benzene rings is 1. The fraction of sp³-hybridized carbons (Fsp3) is 0.462. The predicted octanol–water partition coefficient (Wildman–Crippen LogP) is 0.860. The van der Waals surface area contributed by atoms with Crippen LogP contribution >= 0.6 is 0 Å². The molecule has 3 N–H and O–H groups in total. The molecule has 1 amide bonds. The molecule has 6 nitrogen and oxygen atoms in total. The second kappa shape index (κ2) is 5.80. The van der Waals surface area contributed by atoms with Gasteiger partial charge in [-0.3, -0.25) is 4.79 Å². The van der Waals surface area contributed by atoms with Crippen LogP contribution in [-0.2, 0) is 14.8 Å². The van der Waals surface area contributed by atoms with Gasteiger partial charge in [0.1, 0.15) is 0 Å². The number of nitrogens with one attached hydrogen (secondary N) is 1. The number of amides is 1. The zero-order valence-electron chi connectivity index (χ0n) is 12.2. The summed E-state index contributed by atoms with van der Waals surface area (Å²) >= 11 is 0. The van der Waals surface area contributed by atoms with Gasteiger partial charge < -0.3 is 11.1 Å². The molecule has 0 unspecified atom stereocenters. The topological polar surface area (TPSA) is 92.5 Å². The minimum absolute atomic E-state index is 0.224. The van der Waals surface area contributed by atoms with E-state index in [2.05, 4.69) is 5.32 Å². The first-order valence-corrected chi connectivity index (χ1v) is 7.58. The molecule has 0 saturated carbocycles. The van der Waals surface area contributed by atoms with E-state index >= 15 is 0 Å². The number of primary amides is 1. The van der Waals surface area contributed by atoms with Gasteiger partial charge in [-0.1, -0.05) is 0 Å². The molecule has 20 heavy (non-hydrogen) atoms. The molecule has 112 valence electrons. The van der Waals surface area contributed by atoms with E-state index in [1.807, 2.05) is 0 Å². The Labute approximate surface area is 120 Å². The number of hydrogen-bond acceptors (Lipinski definition) is 4. The standard InChI is InChI=1S/C13H21N3O3S/c1-13(2,12(14)17)9-15-10-5-7-11(8-6-10)20(18,19)16(3)4/h5-8,15H,9H2,1-4H3,(H2,14,17). The molecule has 0 fully saturated rings. The molecular weight excluding hydrogens is 278 g/mol. The van der Waals surface area contributed by atoms with Crippen LogP contribution in [0.2, 0.25) is 0 Å². The molecular formula is C13H21N3O3S. The SMILES string of the molecule is CN(C)S(=O)(=O)c1ccc(NCC(C)(C)C(N)=O)cc1. The quantitative estimate of drug-likeness (QED) is 0.815. The van der Waals surface area contributed by atoms with Crippen molar-refractivity contribution in [2.45, 2.75) is 18.7 Å². The van der Waals surface area contributed by atoms with Crippen molar-refractivity contribution in [1.82, 2.24) is 4.31 Å². The molecule has 0 aromatic heterocycles. The fourth-order valence-corrected chi connectivity index (χ4v) is 2.27. The number of rotatable bonds is 6. The van der Waals surface area contributed by atoms with Gasteiger partial charge in [-0.05, 0) is 38.1 Å². The zero-order valence-corrected chi connectivity index (χ0v) is 13.0. The second-order valence-corrected chi connectivity index (χ2v) is 7.57. The molecule has 0 atom stereocenters. The van der Waals surface area contributed by atoms with E-state index in [-0.39, 0.29) is 4.90 Å². The molecule has 1 aromatic rings. The molecule has 0 aliphatic rings. The van der Waals surface area contributed by atoms with E-state index in [0.29, 0.717) is 6.54 Å². The Balaban J connectivity index is 2.81. The molecule has 0 heterocycles. The Kier molecular flexibility index (Phi) is 4.77. The minimum Gasteiger partial charge on any atom is -0.384 e. The summed E-state index contributed by atoms with van der Waals surface area (Å²) < 4.78 is 24.9. The van der Waals surface area contributed by atoms with Crippen LogP contribution in [0.3, 0.4) is 0 Å². The smallest absolute Gasteiger partial charge is 0.242 e. The van der Waals surface area contributed by atoms with Gasteiger partial charge in [-0.25, -0.2) is 12.7 Å². The summed E-state index contributed by atoms with van der Waals surface area (Å²) in [5.74, 6) is -0.392. The first-order chi connectivity index (χ1) is 9.07. The lowest BCUT2D eigenvalue weighted by molar-refractivity contribution is -0.125. The molecule has 0 aliphatic carbocycles. The lowest BCUT2D eigenvalue weighted by Gasteiger charge is -2.21. The van der Waals surface area contributed by atoms with E-state index in [1.165, 1.54) is 26.2 Å². The third-order valence-corrected chi connectivity index (χ3v) is 4.86. The van der Waals surface area contributed by atoms with Crippen LogP contribution in [0.15, 0.2) is 29.2 Å². The first-order valence-electron chi connectivity index (χ1n) is 6.14. The molecule has 0 radical (unpaired) electrons. The molecule has 0 bridgehead atoms. The number of nitrogens with two attached hydrogens (primary N) is 1. The maximum absolute atomic E-state index is 11.9. The number of hydrogen-bond donors (Lipinski definition) is 2. The third kappa shape index (κ3) is 3.71. The van der Waals surface area contributed by atoms with Crippen molar-refractivity contribution < 1.29 is 13.2 Å². The van der Waals surface area contributed by atoms with E-state index < -0.39 is 21.3 Å². The Morgan fingerprint density at radius 1 is 1.25 bits per heavy atom. The Morgan fingerprint density at radius 2 is 1.75 bits per heavy atom. The number of anilines is 1. The van der Waals surface area contributed by atoms with Gasteiger partial charge in [0.15, 0.2) is 0 Å². The van der Waals surface area contributed by atoms with E-state index in [0.717, 1.165) is 9.99 Å². The highest BCUT2D eigenvalue weighted by molar-refractivity contribution is 7.89. The maximum Gasteiger partial charge on any atom is 0.242 e. The first kappa shape index (κ1) is 16.5. The van der Waals surface area contributed by atoms with Gasteiger partial charge in [0.2, 0.25) is 15.9 Å². The highest BCUT2D eigenvalue weighted by atomic mass is 32.2. The van der Waals surface area contributed by atoms with E-state index in [4.69, 9.17) is 5.73 Å². The predicted molar refractivity (Wildman–Crippen MR) is 78.8 cm³/mol. The highest BCUT2D eigenvalue weighted by Gasteiger charge is 2.24. The maximum atomic E-state index is 11.9. The molecule has 0 spiro atoms. The van der Waals surface area contributed by atoms with Crippen molar-refractivity contribution in [3.8, 4) is 0 Å². The summed E-state index contributed by atoms with van der Waals surface area (Å²) in [6, 6.07) is 6.37. The summed E-state index contributed by atoms with van der Waals surface area (Å²) in [6.45, 7) is 3.86. The van der Waals surface area contributed by atoms with Crippen LogP contribution in [0.25, 0.3) is 0 Å². The normalized spacial score (nSPS) is 12.4. The Morgan fingerprint density at radius 3 is 2.15 bits per heavy atom. The van der Waals surface area contributed by atoms with Gasteiger partial charge in [0.25, 0.3) is 0 Å². The van der Waals surface area contributed by atoms with Crippen molar-refractivity contribution >= 4 is 21.6 Å². The van der Waals surface area contributed by atoms with Gasteiger partial charge in [-0.15, -0.1) is 0 Å². The number of sulfonamides is 1. The summed E-state index contributed by atoms with van der Waals surface area (Å²) in [4.78, 5) is 11.4. The van der Waals surface area contributed by atoms with Crippen LogP contribution in [0, 0.1) is 5.41 Å². The Hall–Kier alpha value is -1.60. The van der Waals surface area contributed by atoms with Crippen molar-refractivity contribution in [3.63, 3.8) is 0 Å². The molecule has 1 rings (SSSR count). The van der Waals surface area contributed by atoms with Gasteiger partial charge >= 0.3 is 0 Å². The lowest BCUT2D eigenvalue weighted by Crippen LogP contribution is -2.37. The average Bonchev–Trinajstić information content (AvgIpc) is 2.36. The van der Waals surface area contributed by atoms with Crippen LogP contribution in [0.5, 0.6) is 0 Å². The summed E-state index contributed by atoms with van der Waals surface area (Å²) in [7, 11) is -0.453. The number of carbonyl (C=O) groups excluding carboxylic acids is 1. The molecule has 1 aromatic carbocycles. The molecule has 0 saturated heterocycles. The number of nitrogens with zero attached hydrogens (tertiary/aromatic N) is 1. The van der Waals surface area contributed by atoms with Crippen molar-refractivity contribution in [2.75, 3.05) is 26.0 Å². The van der Waals surface area contributed by atoms with Crippen molar-refractivity contribution in [3.05, 3.63) is 24.3 Å². The lowest BCUT2D eigenvalue weighted by atomic mass is 9.93. The van der Waals surface area contributed by atoms with Crippen LogP contribution < -0.4 is 11.1 Å². The van der Waals surface area contributed by atoms with Gasteiger partial charge in [-0.2, -0.15) is 0 Å². The van der Waals surface area contributed by atoms with Crippen molar-refractivity contribution in [2.24, 2.45) is 11.1 Å². The second-order valence-electron chi connectivity index (χ2n) is 5.41. The summed E-state index contributed by atoms with van der Waals surface area (Å²) in [5.41, 5.74) is 5.35. The summed E-state index contributed by atoms with van der Waals surface area (Å²) in [6.07, 6.45) is 0. The molecule has 7 heteroatoms. The zero-order chi connectivity index (χ0) is 15.6. The fourth-order valence-electron chi connectivity index (χ4n) is 1.37. The summed E-state index contributed by atoms with van der Waals surface area (Å²) in [5, 5.41) is 3.06. The minimum atomic E-state index is -3.42. The third-order valence-electron chi connectivity index (χ3n) is 3.03. The largest absolute Gasteiger partial charge is 0.384 e. The van der Waals surface area contributed by atoms with Gasteiger partial charge in [0.05, 0.1) is 10.3 Å².